The zero-order valence-electron chi connectivity index (χ0n) is 11.7. The monoisotopic (exact) mass is 318 g/mol. The number of hydrogen-bond donors (Lipinski definition) is 2. The van der Waals surface area contributed by atoms with Gasteiger partial charge in [0.05, 0.1) is 18.5 Å². The van der Waals surface area contributed by atoms with Gasteiger partial charge in [-0.25, -0.2) is 17.9 Å². The molecule has 2 heterocycles. The van der Waals surface area contributed by atoms with Crippen LogP contribution in [0.1, 0.15) is 12.6 Å². The zero-order chi connectivity index (χ0) is 15.6. The van der Waals surface area contributed by atoms with Crippen LogP contribution >= 0.6 is 0 Å². The molecular formula is C11H18N4O5S. The number of ether oxygens (including phenoxy) is 2. The van der Waals surface area contributed by atoms with E-state index < -0.39 is 28.0 Å². The first-order valence-electron chi connectivity index (χ1n) is 6.27. The molecule has 118 valence electrons. The fourth-order valence-electron chi connectivity index (χ4n) is 2.18. The van der Waals surface area contributed by atoms with Crippen LogP contribution in [0.4, 0.5) is 5.82 Å². The van der Waals surface area contributed by atoms with E-state index >= 15 is 0 Å². The number of hydrogen-bond acceptors (Lipinski definition) is 7. The number of nitrogens with zero attached hydrogens (tertiary/aromatic N) is 2. The number of sulfonamides is 1. The van der Waals surface area contributed by atoms with Crippen molar-refractivity contribution < 1.29 is 17.9 Å². The van der Waals surface area contributed by atoms with Crippen LogP contribution in [0, 0.1) is 0 Å². The standard InChI is InChI=1S/C11H18N4O5S/c1-19-7-5-10(15-4-3-9(12)14-11(15)16)20-8(7)6-13-21(2,17)18/h3-4,7-8,10,13H,5-6H2,1-2H3,(H2,12,14,16)/t7-,8+,10+/m0/s1. The molecule has 0 bridgehead atoms. The highest BCUT2D eigenvalue weighted by Gasteiger charge is 2.37. The number of nitrogens with one attached hydrogen (secondary N) is 1. The molecule has 1 aliphatic rings. The Balaban J connectivity index is 2.12. The summed E-state index contributed by atoms with van der Waals surface area (Å²) in [4.78, 5) is 15.4. The lowest BCUT2D eigenvalue weighted by Crippen LogP contribution is -2.37. The van der Waals surface area contributed by atoms with E-state index in [4.69, 9.17) is 15.2 Å². The van der Waals surface area contributed by atoms with Gasteiger partial charge in [0, 0.05) is 26.3 Å². The maximum absolute atomic E-state index is 11.8. The van der Waals surface area contributed by atoms with Crippen LogP contribution in [0.3, 0.4) is 0 Å². The molecule has 1 fully saturated rings. The van der Waals surface area contributed by atoms with E-state index in [9.17, 15) is 13.2 Å². The van der Waals surface area contributed by atoms with E-state index in [0.29, 0.717) is 6.42 Å². The third-order valence-electron chi connectivity index (χ3n) is 3.19. The van der Waals surface area contributed by atoms with E-state index in [1.807, 2.05) is 0 Å². The van der Waals surface area contributed by atoms with Crippen molar-refractivity contribution in [3.8, 4) is 0 Å². The van der Waals surface area contributed by atoms with Crippen molar-refractivity contribution in [3.63, 3.8) is 0 Å². The van der Waals surface area contributed by atoms with Gasteiger partial charge in [-0.05, 0) is 6.07 Å². The molecule has 0 aromatic carbocycles. The summed E-state index contributed by atoms with van der Waals surface area (Å²) in [5.74, 6) is 0.132. The minimum absolute atomic E-state index is 0.0744. The van der Waals surface area contributed by atoms with Gasteiger partial charge in [0.1, 0.15) is 12.0 Å². The molecule has 2 rings (SSSR count). The second-order valence-electron chi connectivity index (χ2n) is 4.80. The summed E-state index contributed by atoms with van der Waals surface area (Å²) >= 11 is 0. The molecule has 1 aromatic heterocycles. The van der Waals surface area contributed by atoms with Crippen molar-refractivity contribution in [2.75, 3.05) is 25.6 Å². The molecule has 1 aliphatic heterocycles. The van der Waals surface area contributed by atoms with Crippen molar-refractivity contribution in [2.24, 2.45) is 0 Å². The van der Waals surface area contributed by atoms with Gasteiger partial charge < -0.3 is 15.2 Å². The average Bonchev–Trinajstić information content (AvgIpc) is 2.78. The highest BCUT2D eigenvalue weighted by Crippen LogP contribution is 2.29. The Bertz CT molecular complexity index is 659. The molecule has 0 radical (unpaired) electrons. The SMILES string of the molecule is CO[C@H]1C[C@H](n2ccc(N)nc2=O)O[C@@H]1CNS(C)(=O)=O. The van der Waals surface area contributed by atoms with Crippen molar-refractivity contribution in [1.29, 1.82) is 0 Å². The molecule has 1 aromatic rings. The Hall–Kier alpha value is -1.49. The lowest BCUT2D eigenvalue weighted by atomic mass is 10.2. The Morgan fingerprint density at radius 1 is 1.62 bits per heavy atom. The van der Waals surface area contributed by atoms with Gasteiger partial charge >= 0.3 is 5.69 Å². The zero-order valence-corrected chi connectivity index (χ0v) is 12.5. The second-order valence-corrected chi connectivity index (χ2v) is 6.63. The summed E-state index contributed by atoms with van der Waals surface area (Å²) < 4.78 is 36.9. The molecule has 21 heavy (non-hydrogen) atoms. The Kier molecular flexibility index (Phi) is 4.61. The third-order valence-corrected chi connectivity index (χ3v) is 3.88. The Labute approximate surface area is 122 Å². The first-order chi connectivity index (χ1) is 9.80. The van der Waals surface area contributed by atoms with Gasteiger partial charge in [-0.15, -0.1) is 0 Å². The fraction of sp³-hybridized carbons (Fsp3) is 0.636. The third kappa shape index (κ3) is 4.00. The van der Waals surface area contributed by atoms with Gasteiger partial charge in [0.25, 0.3) is 0 Å². The maximum atomic E-state index is 11.8. The largest absolute Gasteiger partial charge is 0.383 e. The molecule has 0 saturated carbocycles. The maximum Gasteiger partial charge on any atom is 0.351 e. The molecule has 0 unspecified atom stereocenters. The van der Waals surface area contributed by atoms with Crippen molar-refractivity contribution in [2.45, 2.75) is 24.9 Å². The summed E-state index contributed by atoms with van der Waals surface area (Å²) in [5.41, 5.74) is 4.91. The topological polar surface area (TPSA) is 126 Å². The highest BCUT2D eigenvalue weighted by molar-refractivity contribution is 7.88. The first kappa shape index (κ1) is 15.9. The molecule has 10 heteroatoms. The van der Waals surface area contributed by atoms with Crippen LogP contribution in [0.5, 0.6) is 0 Å². The van der Waals surface area contributed by atoms with Crippen molar-refractivity contribution in [3.05, 3.63) is 22.7 Å². The van der Waals surface area contributed by atoms with Gasteiger partial charge in [0.15, 0.2) is 0 Å². The lowest BCUT2D eigenvalue weighted by Gasteiger charge is -2.17. The summed E-state index contributed by atoms with van der Waals surface area (Å²) in [6.07, 6.45) is 1.59. The molecule has 0 amide bonds. The predicted molar refractivity (Wildman–Crippen MR) is 75.1 cm³/mol. The lowest BCUT2D eigenvalue weighted by molar-refractivity contribution is -0.0251. The Morgan fingerprint density at radius 2 is 2.33 bits per heavy atom. The highest BCUT2D eigenvalue weighted by atomic mass is 32.2. The van der Waals surface area contributed by atoms with Gasteiger partial charge in [-0.2, -0.15) is 4.98 Å². The normalized spacial score (nSPS) is 26.1. The summed E-state index contributed by atoms with van der Waals surface area (Å²) in [7, 11) is -1.81. The molecule has 0 aliphatic carbocycles. The van der Waals surface area contributed by atoms with E-state index in [1.165, 1.54) is 23.9 Å². The number of methoxy groups -OCH3 is 1. The predicted octanol–water partition coefficient (Wildman–Crippen LogP) is -1.32. The molecule has 3 N–H and O–H groups in total. The molecular weight excluding hydrogens is 300 g/mol. The number of nitrogens with two attached hydrogens (primary N) is 1. The smallest absolute Gasteiger partial charge is 0.351 e. The Morgan fingerprint density at radius 3 is 2.90 bits per heavy atom. The minimum atomic E-state index is -3.32. The second kappa shape index (κ2) is 6.10. The van der Waals surface area contributed by atoms with E-state index in [2.05, 4.69) is 9.71 Å². The minimum Gasteiger partial charge on any atom is -0.383 e. The van der Waals surface area contributed by atoms with Crippen molar-refractivity contribution in [1.82, 2.24) is 14.3 Å². The quantitative estimate of drug-likeness (QED) is 0.689. The summed E-state index contributed by atoms with van der Waals surface area (Å²) in [5, 5.41) is 0. The number of rotatable bonds is 5. The fourth-order valence-corrected chi connectivity index (χ4v) is 2.65. The van der Waals surface area contributed by atoms with Gasteiger partial charge in [0.2, 0.25) is 10.0 Å². The average molecular weight is 318 g/mol. The van der Waals surface area contributed by atoms with Crippen LogP contribution in [-0.2, 0) is 19.5 Å². The molecule has 3 atom stereocenters. The number of aromatic nitrogens is 2. The van der Waals surface area contributed by atoms with E-state index in [0.717, 1.165) is 6.26 Å². The van der Waals surface area contributed by atoms with Gasteiger partial charge in [-0.3, -0.25) is 4.57 Å². The summed E-state index contributed by atoms with van der Waals surface area (Å²) in [6, 6.07) is 1.49. The molecule has 1 saturated heterocycles. The summed E-state index contributed by atoms with van der Waals surface area (Å²) in [6.45, 7) is 0.0744. The first-order valence-corrected chi connectivity index (χ1v) is 8.17. The van der Waals surface area contributed by atoms with Crippen LogP contribution in [0.25, 0.3) is 0 Å². The number of nitrogen functional groups attached to an aromatic ring is 1. The van der Waals surface area contributed by atoms with Crippen LogP contribution in [0.2, 0.25) is 0 Å². The van der Waals surface area contributed by atoms with Crippen LogP contribution < -0.4 is 16.1 Å². The van der Waals surface area contributed by atoms with Gasteiger partial charge in [-0.1, -0.05) is 0 Å². The van der Waals surface area contributed by atoms with E-state index in [-0.39, 0.29) is 18.5 Å². The molecule has 9 nitrogen and oxygen atoms in total. The number of anilines is 1. The van der Waals surface area contributed by atoms with Crippen molar-refractivity contribution >= 4 is 15.8 Å². The molecule has 0 spiro atoms. The van der Waals surface area contributed by atoms with Crippen LogP contribution in [-0.4, -0.2) is 50.1 Å². The van der Waals surface area contributed by atoms with Crippen LogP contribution in [0.15, 0.2) is 17.1 Å². The van der Waals surface area contributed by atoms with E-state index in [1.54, 1.807) is 0 Å².